The fourth-order valence-electron chi connectivity index (χ4n) is 5.18. The molecule has 39 heavy (non-hydrogen) atoms. The van der Waals surface area contributed by atoms with E-state index in [1.165, 1.54) is 0 Å². The minimum atomic E-state index is -1.83. The van der Waals surface area contributed by atoms with Gasteiger partial charge in [0.05, 0.1) is 35.6 Å². The van der Waals surface area contributed by atoms with Gasteiger partial charge in [-0.2, -0.15) is 0 Å². The van der Waals surface area contributed by atoms with Crippen LogP contribution in [0.4, 0.5) is 0 Å². The summed E-state index contributed by atoms with van der Waals surface area (Å²) in [6, 6.07) is 7.69. The lowest BCUT2D eigenvalue weighted by molar-refractivity contribution is -0.172. The number of ether oxygens (including phenoxy) is 2. The quantitative estimate of drug-likeness (QED) is 0.161. The number of hydrogen-bond acceptors (Lipinski definition) is 9. The molecule has 0 amide bonds. The predicted molar refractivity (Wildman–Crippen MR) is 157 cm³/mol. The van der Waals surface area contributed by atoms with Gasteiger partial charge in [-0.05, 0) is 62.9 Å². The van der Waals surface area contributed by atoms with E-state index in [2.05, 4.69) is 20.8 Å². The summed E-state index contributed by atoms with van der Waals surface area (Å²) in [7, 11) is 3.64. The number of aromatic nitrogens is 2. The van der Waals surface area contributed by atoms with Gasteiger partial charge in [-0.1, -0.05) is 35.4 Å². The van der Waals surface area contributed by atoms with Gasteiger partial charge >= 0.3 is 5.97 Å². The minimum Gasteiger partial charge on any atom is -0.494 e. The maximum Gasteiger partial charge on any atom is 0.343 e. The Kier molecular flexibility index (Phi) is 7.76. The van der Waals surface area contributed by atoms with Crippen molar-refractivity contribution >= 4 is 38.5 Å². The number of esters is 1. The SMILES string of the molecule is CCc1c2c(nc3ccc(OCCCSSC(C)(C)CN)cc13)-c1cc3c(c(=O)n1C2)COC(=O)[C@]3(O)CC. The molecule has 0 saturated carbocycles. The number of carbonyl (C=O) groups excluding carboxylic acids is 1. The van der Waals surface area contributed by atoms with Crippen LogP contribution in [0.1, 0.15) is 62.8 Å². The average Bonchev–Trinajstić information content (AvgIpc) is 3.30. The number of carbonyl (C=O) groups is 1. The number of cyclic esters (lactones) is 1. The Morgan fingerprint density at radius 2 is 2.03 bits per heavy atom. The van der Waals surface area contributed by atoms with E-state index in [1.807, 2.05) is 39.8 Å². The number of hydrogen-bond donors (Lipinski definition) is 2. The molecule has 0 unspecified atom stereocenters. The van der Waals surface area contributed by atoms with Crippen molar-refractivity contribution in [3.05, 3.63) is 56.9 Å². The zero-order valence-corrected chi connectivity index (χ0v) is 24.5. The van der Waals surface area contributed by atoms with Gasteiger partial charge in [-0.25, -0.2) is 9.78 Å². The maximum absolute atomic E-state index is 13.5. The molecule has 208 valence electrons. The molecule has 0 saturated heterocycles. The number of rotatable bonds is 10. The van der Waals surface area contributed by atoms with E-state index in [-0.39, 0.29) is 23.3 Å². The largest absolute Gasteiger partial charge is 0.494 e. The van der Waals surface area contributed by atoms with Gasteiger partial charge in [0.25, 0.3) is 5.56 Å². The summed E-state index contributed by atoms with van der Waals surface area (Å²) in [6.07, 6.45) is 1.81. The van der Waals surface area contributed by atoms with E-state index < -0.39 is 11.6 Å². The first-order valence-electron chi connectivity index (χ1n) is 13.4. The van der Waals surface area contributed by atoms with Gasteiger partial charge in [0.2, 0.25) is 0 Å². The summed E-state index contributed by atoms with van der Waals surface area (Å²) in [5.74, 6) is 1.06. The first-order valence-corrected chi connectivity index (χ1v) is 15.7. The summed E-state index contributed by atoms with van der Waals surface area (Å²) in [6.45, 7) is 9.62. The molecule has 0 spiro atoms. The molecule has 8 nitrogen and oxygen atoms in total. The molecule has 3 aromatic rings. The van der Waals surface area contributed by atoms with E-state index in [0.717, 1.165) is 52.1 Å². The van der Waals surface area contributed by atoms with Gasteiger partial charge < -0.3 is 24.9 Å². The van der Waals surface area contributed by atoms with Crippen LogP contribution < -0.4 is 16.0 Å². The van der Waals surface area contributed by atoms with Gasteiger partial charge in [0, 0.05) is 33.6 Å². The van der Waals surface area contributed by atoms with Crippen LogP contribution in [0.2, 0.25) is 0 Å². The van der Waals surface area contributed by atoms with Crippen molar-refractivity contribution in [2.45, 2.75) is 70.5 Å². The Balaban J connectivity index is 1.43. The third-order valence-electron chi connectivity index (χ3n) is 7.55. The third-order valence-corrected chi connectivity index (χ3v) is 10.9. The highest BCUT2D eigenvalue weighted by molar-refractivity contribution is 8.77. The van der Waals surface area contributed by atoms with Gasteiger partial charge in [-0.15, -0.1) is 0 Å². The number of benzene rings is 1. The summed E-state index contributed by atoms with van der Waals surface area (Å²) in [5, 5.41) is 12.1. The van der Waals surface area contributed by atoms with Gasteiger partial charge in [0.15, 0.2) is 5.60 Å². The highest BCUT2D eigenvalue weighted by Gasteiger charge is 2.45. The summed E-state index contributed by atoms with van der Waals surface area (Å²) < 4.78 is 13.0. The molecular weight excluding hydrogens is 534 g/mol. The molecule has 0 radical (unpaired) electrons. The highest BCUT2D eigenvalue weighted by atomic mass is 33.1. The van der Waals surface area contributed by atoms with E-state index in [0.29, 0.717) is 36.5 Å². The fraction of sp³-hybridized carbons (Fsp3) is 0.483. The van der Waals surface area contributed by atoms with Crippen molar-refractivity contribution in [1.82, 2.24) is 9.55 Å². The normalized spacial score (nSPS) is 18.1. The highest BCUT2D eigenvalue weighted by Crippen LogP contribution is 2.41. The smallest absolute Gasteiger partial charge is 0.343 e. The van der Waals surface area contributed by atoms with Crippen LogP contribution in [0.15, 0.2) is 29.1 Å². The van der Waals surface area contributed by atoms with E-state index in [9.17, 15) is 14.7 Å². The Labute approximate surface area is 236 Å². The van der Waals surface area contributed by atoms with E-state index >= 15 is 0 Å². The molecule has 1 aromatic carbocycles. The molecule has 1 atom stereocenters. The second-order valence-corrected chi connectivity index (χ2v) is 13.7. The second kappa shape index (κ2) is 10.8. The Morgan fingerprint density at radius 3 is 2.74 bits per heavy atom. The summed E-state index contributed by atoms with van der Waals surface area (Å²) in [4.78, 5) is 30.9. The lowest BCUT2D eigenvalue weighted by Gasteiger charge is -2.31. The molecule has 0 aliphatic carbocycles. The maximum atomic E-state index is 13.5. The molecule has 4 heterocycles. The Bertz CT molecular complexity index is 1500. The van der Waals surface area contributed by atoms with Crippen molar-refractivity contribution < 1.29 is 19.4 Å². The van der Waals surface area contributed by atoms with Crippen molar-refractivity contribution in [2.24, 2.45) is 5.73 Å². The zero-order valence-electron chi connectivity index (χ0n) is 22.8. The zero-order chi connectivity index (χ0) is 27.9. The summed E-state index contributed by atoms with van der Waals surface area (Å²) >= 11 is 0. The topological polar surface area (TPSA) is 117 Å². The Hall–Kier alpha value is -2.53. The van der Waals surface area contributed by atoms with Gasteiger partial charge in [-0.3, -0.25) is 4.79 Å². The van der Waals surface area contributed by atoms with Crippen LogP contribution in [-0.4, -0.2) is 44.3 Å². The van der Waals surface area contributed by atoms with Crippen LogP contribution in [-0.2, 0) is 34.7 Å². The fourth-order valence-corrected chi connectivity index (χ4v) is 7.65. The number of aliphatic hydroxyl groups is 1. The number of fused-ring (bicyclic) bond motifs is 5. The van der Waals surface area contributed by atoms with Gasteiger partial charge in [0.1, 0.15) is 12.4 Å². The summed E-state index contributed by atoms with van der Waals surface area (Å²) in [5.41, 5.74) is 8.66. The molecule has 5 rings (SSSR count). The minimum absolute atomic E-state index is 0.0697. The van der Waals surface area contributed by atoms with Crippen molar-refractivity contribution in [1.29, 1.82) is 0 Å². The molecule has 2 aromatic heterocycles. The molecule has 2 aliphatic rings. The Morgan fingerprint density at radius 1 is 1.23 bits per heavy atom. The molecule has 3 N–H and O–H groups in total. The molecule has 0 bridgehead atoms. The molecule has 10 heteroatoms. The van der Waals surface area contributed by atoms with Crippen molar-refractivity contribution in [3.8, 4) is 17.1 Å². The first kappa shape index (κ1) is 28.0. The number of nitrogens with zero attached hydrogens (tertiary/aromatic N) is 2. The van der Waals surface area contributed by atoms with Crippen LogP contribution >= 0.6 is 21.6 Å². The van der Waals surface area contributed by atoms with Crippen LogP contribution in [0.3, 0.4) is 0 Å². The average molecular weight is 570 g/mol. The third kappa shape index (κ3) is 4.96. The van der Waals surface area contributed by atoms with Crippen molar-refractivity contribution in [2.75, 3.05) is 18.9 Å². The predicted octanol–water partition coefficient (Wildman–Crippen LogP) is 4.53. The lowest BCUT2D eigenvalue weighted by atomic mass is 9.86. The molecule has 0 fully saturated rings. The van der Waals surface area contributed by atoms with Crippen molar-refractivity contribution in [3.63, 3.8) is 0 Å². The lowest BCUT2D eigenvalue weighted by Crippen LogP contribution is -2.44. The molecule has 2 aliphatic heterocycles. The standard InChI is InChI=1S/C29H35N3O5S2/c1-5-18-19-12-17(36-10-7-11-38-39-28(3,4)16-30)8-9-23(19)31-25-20(18)14-32-24(25)13-22-21(26(32)33)15-37-27(34)29(22,35)6-2/h8-9,12-13,35H,5-7,10-11,14-16,30H2,1-4H3/t29-/m0/s1. The van der Waals surface area contributed by atoms with E-state index in [1.54, 1.807) is 17.6 Å². The number of pyridine rings is 2. The van der Waals surface area contributed by atoms with E-state index in [4.69, 9.17) is 20.2 Å². The first-order chi connectivity index (χ1) is 18.6. The second-order valence-electron chi connectivity index (χ2n) is 10.6. The molecular formula is C29H35N3O5S2. The van der Waals surface area contributed by atoms with Crippen LogP contribution in [0.5, 0.6) is 5.75 Å². The van der Waals surface area contributed by atoms with Crippen LogP contribution in [0, 0.1) is 0 Å². The number of aryl methyl sites for hydroxylation is 1. The van der Waals surface area contributed by atoms with Crippen LogP contribution in [0.25, 0.3) is 22.3 Å². The monoisotopic (exact) mass is 569 g/mol. The number of nitrogens with two attached hydrogens (primary N) is 1.